The molecular formula is C35H32F3N3O8. The number of carbonyl (C=O) groups excluding carboxylic acids is 1. The summed E-state index contributed by atoms with van der Waals surface area (Å²) in [7, 11) is 3.13. The van der Waals surface area contributed by atoms with Crippen molar-refractivity contribution in [1.29, 1.82) is 0 Å². The van der Waals surface area contributed by atoms with Crippen LogP contribution in [0.1, 0.15) is 34.9 Å². The molecule has 0 radical (unpaired) electrons. The third-order valence-electron chi connectivity index (χ3n) is 7.94. The molecular weight excluding hydrogens is 647 g/mol. The number of aromatic nitrogens is 2. The zero-order chi connectivity index (χ0) is 35.2. The Morgan fingerprint density at radius 2 is 1.53 bits per heavy atom. The van der Waals surface area contributed by atoms with Crippen LogP contribution in [-0.4, -0.2) is 66.3 Å². The Balaban J connectivity index is 1.43. The minimum Gasteiger partial charge on any atom is -0.497 e. The highest BCUT2D eigenvalue weighted by Gasteiger charge is 2.42. The van der Waals surface area contributed by atoms with Gasteiger partial charge in [0.1, 0.15) is 35.0 Å². The Morgan fingerprint density at radius 1 is 0.959 bits per heavy atom. The average Bonchev–Trinajstić information content (AvgIpc) is 3.47. The number of benzene rings is 3. The molecule has 5 rings (SSSR count). The number of aliphatic hydroxyl groups excluding tert-OH is 1. The van der Waals surface area contributed by atoms with Crippen molar-refractivity contribution in [3.05, 3.63) is 128 Å². The lowest BCUT2D eigenvalue weighted by atomic mass is 9.80. The number of ether oxygens (including phenoxy) is 4. The Labute approximate surface area is 278 Å². The van der Waals surface area contributed by atoms with Gasteiger partial charge in [0.2, 0.25) is 0 Å². The van der Waals surface area contributed by atoms with Crippen molar-refractivity contribution in [2.45, 2.75) is 36.6 Å². The van der Waals surface area contributed by atoms with Gasteiger partial charge < -0.3 is 29.4 Å². The van der Waals surface area contributed by atoms with Crippen LogP contribution >= 0.6 is 0 Å². The molecule has 49 heavy (non-hydrogen) atoms. The Bertz CT molecular complexity index is 1880. The van der Waals surface area contributed by atoms with Crippen LogP contribution in [0.5, 0.6) is 11.5 Å². The zero-order valence-electron chi connectivity index (χ0n) is 26.3. The minimum atomic E-state index is -5.09. The molecule has 3 aromatic carbocycles. The Morgan fingerprint density at radius 3 is 2.08 bits per heavy atom. The molecule has 3 atom stereocenters. The van der Waals surface area contributed by atoms with E-state index in [1.807, 2.05) is 78.9 Å². The molecule has 0 bridgehead atoms. The summed E-state index contributed by atoms with van der Waals surface area (Å²) in [5.74, 6) is 3.70. The molecule has 3 N–H and O–H groups in total. The van der Waals surface area contributed by atoms with Gasteiger partial charge in [0.25, 0.3) is 5.56 Å². The third-order valence-corrected chi connectivity index (χ3v) is 7.94. The van der Waals surface area contributed by atoms with Crippen LogP contribution < -0.4 is 26.0 Å². The summed E-state index contributed by atoms with van der Waals surface area (Å²) in [4.78, 5) is 38.2. The van der Waals surface area contributed by atoms with Gasteiger partial charge in [-0.15, -0.1) is 0 Å². The van der Waals surface area contributed by atoms with Crippen molar-refractivity contribution in [1.82, 2.24) is 14.9 Å². The first-order valence-electron chi connectivity index (χ1n) is 15.0. The average molecular weight is 680 g/mol. The number of aliphatic hydroxyl groups is 1. The van der Waals surface area contributed by atoms with E-state index in [1.165, 1.54) is 0 Å². The molecule has 1 saturated heterocycles. The van der Waals surface area contributed by atoms with Gasteiger partial charge in [0.15, 0.2) is 0 Å². The standard InChI is InChI=1S/C35H32F3N3O8/c1-46-26-14-10-24(11-15-26)34(23-8-4-3-5-9-23,25-12-16-27(47-2)17-13-25)48-21-29-28(42)19-30(49-29)41-20-22(31(43)40-33(41)45)7-6-18-39-32(44)35(36,37)38/h3-5,8-17,20,28-30,42H,18-19,21H2,1-2H3,(H,39,44)(H,40,43,45)/t28-,29+,30+/m0/s1. The molecule has 1 aliphatic heterocycles. The number of halogens is 3. The summed E-state index contributed by atoms with van der Waals surface area (Å²) in [5.41, 5.74) is -0.933. The largest absolute Gasteiger partial charge is 0.497 e. The second-order valence-electron chi connectivity index (χ2n) is 10.9. The van der Waals surface area contributed by atoms with Crippen LogP contribution in [0.3, 0.4) is 0 Å². The van der Waals surface area contributed by atoms with Gasteiger partial charge in [0, 0.05) is 12.6 Å². The van der Waals surface area contributed by atoms with Crippen molar-refractivity contribution in [2.75, 3.05) is 27.4 Å². The first kappa shape index (κ1) is 35.0. The summed E-state index contributed by atoms with van der Waals surface area (Å²) < 4.78 is 62.0. The van der Waals surface area contributed by atoms with E-state index in [9.17, 15) is 32.7 Å². The molecule has 2 heterocycles. The second-order valence-corrected chi connectivity index (χ2v) is 10.9. The molecule has 11 nitrogen and oxygen atoms in total. The SMILES string of the molecule is COc1ccc(C(OC[C@H]2O[C@@H](n3cc(C#CCNC(=O)C(F)(F)F)c(=O)[nH]c3=O)C[C@@H]2O)(c2ccccc2)c2ccc(OC)cc2)cc1. The molecule has 0 spiro atoms. The van der Waals surface area contributed by atoms with Gasteiger partial charge in [-0.05, 0) is 41.0 Å². The maximum atomic E-state index is 12.8. The molecule has 0 saturated carbocycles. The van der Waals surface area contributed by atoms with E-state index in [-0.39, 0.29) is 18.6 Å². The number of carbonyl (C=O) groups is 1. The topological polar surface area (TPSA) is 141 Å². The smallest absolute Gasteiger partial charge is 0.471 e. The Hall–Kier alpha value is -5.36. The number of methoxy groups -OCH3 is 2. The molecule has 1 amide bonds. The first-order chi connectivity index (χ1) is 23.5. The predicted octanol–water partition coefficient (Wildman–Crippen LogP) is 3.24. The molecule has 0 aliphatic carbocycles. The van der Waals surface area contributed by atoms with Crippen LogP contribution in [0.2, 0.25) is 0 Å². The summed E-state index contributed by atoms with van der Waals surface area (Å²) in [6.07, 6.45) is -7.14. The van der Waals surface area contributed by atoms with Gasteiger partial charge in [-0.1, -0.05) is 66.4 Å². The minimum absolute atomic E-state index is 0.0576. The van der Waals surface area contributed by atoms with Crippen LogP contribution in [0.25, 0.3) is 0 Å². The molecule has 256 valence electrons. The fraction of sp³-hybridized carbons (Fsp3) is 0.286. The van der Waals surface area contributed by atoms with E-state index in [0.717, 1.165) is 27.5 Å². The van der Waals surface area contributed by atoms with Crippen molar-refractivity contribution in [3.63, 3.8) is 0 Å². The van der Waals surface area contributed by atoms with Gasteiger partial charge >= 0.3 is 17.8 Å². The Kier molecular flexibility index (Phi) is 10.6. The van der Waals surface area contributed by atoms with Gasteiger partial charge in [-0.25, -0.2) is 4.79 Å². The zero-order valence-corrected chi connectivity index (χ0v) is 26.3. The number of rotatable bonds is 10. The molecule has 4 aromatic rings. The maximum absolute atomic E-state index is 12.8. The van der Waals surface area contributed by atoms with E-state index in [4.69, 9.17) is 18.9 Å². The highest BCUT2D eigenvalue weighted by molar-refractivity contribution is 5.81. The number of amides is 1. The lowest BCUT2D eigenvalue weighted by molar-refractivity contribution is -0.173. The normalized spacial score (nSPS) is 17.6. The highest BCUT2D eigenvalue weighted by atomic mass is 19.4. The van der Waals surface area contributed by atoms with Crippen LogP contribution in [0.15, 0.2) is 94.6 Å². The maximum Gasteiger partial charge on any atom is 0.471 e. The lowest BCUT2D eigenvalue weighted by Crippen LogP contribution is -2.38. The first-order valence-corrected chi connectivity index (χ1v) is 15.0. The number of H-pyrrole nitrogens is 1. The summed E-state index contributed by atoms with van der Waals surface area (Å²) >= 11 is 0. The monoisotopic (exact) mass is 679 g/mol. The van der Waals surface area contributed by atoms with Crippen molar-refractivity contribution >= 4 is 5.91 Å². The fourth-order valence-corrected chi connectivity index (χ4v) is 5.47. The van der Waals surface area contributed by atoms with Gasteiger partial charge in [-0.2, -0.15) is 13.2 Å². The number of nitrogens with zero attached hydrogens (tertiary/aromatic N) is 1. The number of hydrogen-bond donors (Lipinski definition) is 3. The number of alkyl halides is 3. The predicted molar refractivity (Wildman–Crippen MR) is 170 cm³/mol. The van der Waals surface area contributed by atoms with Crippen LogP contribution in [-0.2, 0) is 19.9 Å². The van der Waals surface area contributed by atoms with Crippen molar-refractivity contribution in [2.24, 2.45) is 0 Å². The molecule has 14 heteroatoms. The molecule has 1 aromatic heterocycles. The fourth-order valence-electron chi connectivity index (χ4n) is 5.47. The number of aromatic amines is 1. The second kappa shape index (κ2) is 14.8. The molecule has 1 aliphatic rings. The summed E-state index contributed by atoms with van der Waals surface area (Å²) in [5, 5.41) is 12.7. The summed E-state index contributed by atoms with van der Waals surface area (Å²) in [6, 6.07) is 24.2. The third kappa shape index (κ3) is 7.70. The van der Waals surface area contributed by atoms with Gasteiger partial charge in [-0.3, -0.25) is 19.1 Å². The van der Waals surface area contributed by atoms with Crippen LogP contribution in [0.4, 0.5) is 13.2 Å². The van der Waals surface area contributed by atoms with E-state index in [2.05, 4.69) is 16.8 Å². The molecule has 1 fully saturated rings. The van der Waals surface area contributed by atoms with Gasteiger partial charge in [0.05, 0.1) is 33.5 Å². The van der Waals surface area contributed by atoms with E-state index < -0.39 is 53.9 Å². The summed E-state index contributed by atoms with van der Waals surface area (Å²) in [6.45, 7) is -0.838. The van der Waals surface area contributed by atoms with E-state index in [1.54, 1.807) is 19.5 Å². The number of nitrogens with one attached hydrogen (secondary N) is 2. The van der Waals surface area contributed by atoms with Crippen molar-refractivity contribution < 1.29 is 42.0 Å². The van der Waals surface area contributed by atoms with E-state index >= 15 is 0 Å². The van der Waals surface area contributed by atoms with E-state index in [0.29, 0.717) is 11.5 Å². The van der Waals surface area contributed by atoms with Crippen LogP contribution in [0, 0.1) is 11.8 Å². The van der Waals surface area contributed by atoms with Crippen molar-refractivity contribution in [3.8, 4) is 23.3 Å². The quantitative estimate of drug-likeness (QED) is 0.172. The lowest BCUT2D eigenvalue weighted by Gasteiger charge is -2.37. The number of hydrogen-bond acceptors (Lipinski definition) is 8. The highest BCUT2D eigenvalue weighted by Crippen LogP contribution is 2.42. The molecule has 0 unspecified atom stereocenters.